The molecular formula is C9H15N3O. The van der Waals surface area contributed by atoms with Crippen molar-refractivity contribution in [3.05, 3.63) is 23.2 Å². The van der Waals surface area contributed by atoms with Crippen molar-refractivity contribution >= 4 is 5.96 Å². The zero-order valence-corrected chi connectivity index (χ0v) is 8.16. The molecule has 0 spiro atoms. The van der Waals surface area contributed by atoms with E-state index >= 15 is 0 Å². The van der Waals surface area contributed by atoms with Crippen molar-refractivity contribution in [3.8, 4) is 0 Å². The van der Waals surface area contributed by atoms with Crippen LogP contribution in [0.5, 0.6) is 0 Å². The number of nitrogens with two attached hydrogens (primary N) is 2. The van der Waals surface area contributed by atoms with Crippen LogP contribution in [0.25, 0.3) is 0 Å². The fraction of sp³-hybridized carbons (Fsp3) is 0.444. The van der Waals surface area contributed by atoms with Gasteiger partial charge in [0.2, 0.25) is 0 Å². The molecule has 0 aliphatic rings. The van der Waals surface area contributed by atoms with Crippen molar-refractivity contribution < 1.29 is 4.42 Å². The van der Waals surface area contributed by atoms with Crippen LogP contribution in [-0.2, 0) is 0 Å². The lowest BCUT2D eigenvalue weighted by molar-refractivity contribution is 0.499. The standard InChI is InChI=1S/C9H15N3O/c1-5-4-8(7(3)13-5)6(2)12-9(10)11/h4,6H,1-3H3,(H4,10,11,12). The van der Waals surface area contributed by atoms with Gasteiger partial charge in [-0.2, -0.15) is 0 Å². The average Bonchev–Trinajstić information content (AvgIpc) is 2.28. The van der Waals surface area contributed by atoms with Crippen LogP contribution in [0, 0.1) is 13.8 Å². The maximum Gasteiger partial charge on any atom is 0.186 e. The quantitative estimate of drug-likeness (QED) is 0.532. The highest BCUT2D eigenvalue weighted by atomic mass is 16.3. The first-order chi connectivity index (χ1) is 6.00. The van der Waals surface area contributed by atoms with Crippen LogP contribution in [0.3, 0.4) is 0 Å². The molecule has 4 N–H and O–H groups in total. The molecule has 0 saturated heterocycles. The molecule has 1 rings (SSSR count). The van der Waals surface area contributed by atoms with Gasteiger partial charge in [0, 0.05) is 5.56 Å². The summed E-state index contributed by atoms with van der Waals surface area (Å²) >= 11 is 0. The summed E-state index contributed by atoms with van der Waals surface area (Å²) in [7, 11) is 0. The number of nitrogens with zero attached hydrogens (tertiary/aromatic N) is 1. The van der Waals surface area contributed by atoms with Gasteiger partial charge in [-0.1, -0.05) is 0 Å². The van der Waals surface area contributed by atoms with Gasteiger partial charge in [-0.25, -0.2) is 4.99 Å². The van der Waals surface area contributed by atoms with Gasteiger partial charge in [-0.05, 0) is 26.8 Å². The molecular weight excluding hydrogens is 166 g/mol. The van der Waals surface area contributed by atoms with Crippen LogP contribution >= 0.6 is 0 Å². The Morgan fingerprint density at radius 3 is 2.46 bits per heavy atom. The molecule has 0 amide bonds. The van der Waals surface area contributed by atoms with Gasteiger partial charge in [0.25, 0.3) is 0 Å². The Morgan fingerprint density at radius 1 is 1.46 bits per heavy atom. The number of aryl methyl sites for hydroxylation is 2. The van der Waals surface area contributed by atoms with Gasteiger partial charge in [0.15, 0.2) is 5.96 Å². The summed E-state index contributed by atoms with van der Waals surface area (Å²) in [4.78, 5) is 4.03. The second kappa shape index (κ2) is 3.51. The first-order valence-electron chi connectivity index (χ1n) is 4.16. The highest BCUT2D eigenvalue weighted by Crippen LogP contribution is 2.23. The second-order valence-electron chi connectivity index (χ2n) is 3.10. The van der Waals surface area contributed by atoms with E-state index in [4.69, 9.17) is 15.9 Å². The summed E-state index contributed by atoms with van der Waals surface area (Å²) < 4.78 is 5.37. The van der Waals surface area contributed by atoms with Crippen LogP contribution in [0.4, 0.5) is 0 Å². The minimum absolute atomic E-state index is 0.0394. The first-order valence-corrected chi connectivity index (χ1v) is 4.16. The topological polar surface area (TPSA) is 77.5 Å². The number of rotatable bonds is 2. The van der Waals surface area contributed by atoms with Gasteiger partial charge in [0.1, 0.15) is 11.5 Å². The molecule has 13 heavy (non-hydrogen) atoms. The normalized spacial score (nSPS) is 12.5. The van der Waals surface area contributed by atoms with E-state index in [2.05, 4.69) is 4.99 Å². The number of aliphatic imine (C=N–C) groups is 1. The third-order valence-corrected chi connectivity index (χ3v) is 1.87. The number of hydrogen-bond acceptors (Lipinski definition) is 2. The van der Waals surface area contributed by atoms with Crippen molar-refractivity contribution in [2.24, 2.45) is 16.5 Å². The Morgan fingerprint density at radius 2 is 2.08 bits per heavy atom. The molecule has 0 radical (unpaired) electrons. The molecule has 1 unspecified atom stereocenters. The van der Waals surface area contributed by atoms with E-state index in [1.54, 1.807) is 0 Å². The largest absolute Gasteiger partial charge is 0.466 e. The fourth-order valence-corrected chi connectivity index (χ4v) is 1.36. The summed E-state index contributed by atoms with van der Waals surface area (Å²) in [6.07, 6.45) is 0. The van der Waals surface area contributed by atoms with E-state index < -0.39 is 0 Å². The Bertz CT molecular complexity index is 324. The Kier molecular flexibility index (Phi) is 2.60. The van der Waals surface area contributed by atoms with Gasteiger partial charge in [-0.15, -0.1) is 0 Å². The molecule has 72 valence electrons. The summed E-state index contributed by atoms with van der Waals surface area (Å²) in [5, 5.41) is 0. The molecule has 4 heteroatoms. The van der Waals surface area contributed by atoms with E-state index in [1.165, 1.54) is 0 Å². The molecule has 0 aliphatic carbocycles. The Balaban J connectivity index is 2.94. The van der Waals surface area contributed by atoms with E-state index in [0.717, 1.165) is 17.1 Å². The zero-order valence-electron chi connectivity index (χ0n) is 8.16. The monoisotopic (exact) mass is 181 g/mol. The second-order valence-corrected chi connectivity index (χ2v) is 3.10. The highest BCUT2D eigenvalue weighted by molar-refractivity contribution is 5.76. The number of furan rings is 1. The summed E-state index contributed by atoms with van der Waals surface area (Å²) in [6.45, 7) is 5.73. The smallest absolute Gasteiger partial charge is 0.186 e. The van der Waals surface area contributed by atoms with Crippen LogP contribution in [0.1, 0.15) is 30.0 Å². The van der Waals surface area contributed by atoms with Crippen molar-refractivity contribution in [1.29, 1.82) is 0 Å². The van der Waals surface area contributed by atoms with Crippen molar-refractivity contribution in [1.82, 2.24) is 0 Å². The van der Waals surface area contributed by atoms with Crippen LogP contribution in [0.15, 0.2) is 15.5 Å². The molecule has 0 aliphatic heterocycles. The van der Waals surface area contributed by atoms with E-state index in [-0.39, 0.29) is 12.0 Å². The lowest BCUT2D eigenvalue weighted by Gasteiger charge is -2.04. The Labute approximate surface area is 77.6 Å². The maximum atomic E-state index is 5.37. The lowest BCUT2D eigenvalue weighted by Crippen LogP contribution is -2.23. The first kappa shape index (κ1) is 9.64. The average molecular weight is 181 g/mol. The molecule has 1 atom stereocenters. The summed E-state index contributed by atoms with van der Waals surface area (Å²) in [5.74, 6) is 1.85. The summed E-state index contributed by atoms with van der Waals surface area (Å²) in [6, 6.07) is 1.91. The van der Waals surface area contributed by atoms with Gasteiger partial charge < -0.3 is 15.9 Å². The minimum atomic E-state index is -0.0394. The third kappa shape index (κ3) is 2.24. The van der Waals surface area contributed by atoms with Crippen molar-refractivity contribution in [2.75, 3.05) is 0 Å². The SMILES string of the molecule is Cc1cc(C(C)N=C(N)N)c(C)o1. The fourth-order valence-electron chi connectivity index (χ4n) is 1.36. The predicted octanol–water partition coefficient (Wildman–Crippen LogP) is 1.23. The zero-order chi connectivity index (χ0) is 10.0. The molecule has 4 nitrogen and oxygen atoms in total. The maximum absolute atomic E-state index is 5.37. The lowest BCUT2D eigenvalue weighted by atomic mass is 10.1. The number of hydrogen-bond donors (Lipinski definition) is 2. The van der Waals surface area contributed by atoms with E-state index in [9.17, 15) is 0 Å². The third-order valence-electron chi connectivity index (χ3n) is 1.87. The van der Waals surface area contributed by atoms with Crippen LogP contribution in [0.2, 0.25) is 0 Å². The molecule has 0 aromatic carbocycles. The molecule has 0 bridgehead atoms. The molecule has 1 aromatic rings. The van der Waals surface area contributed by atoms with Crippen LogP contribution < -0.4 is 11.5 Å². The van der Waals surface area contributed by atoms with Gasteiger partial charge >= 0.3 is 0 Å². The van der Waals surface area contributed by atoms with Crippen molar-refractivity contribution in [3.63, 3.8) is 0 Å². The van der Waals surface area contributed by atoms with Crippen molar-refractivity contribution in [2.45, 2.75) is 26.8 Å². The molecule has 1 aromatic heterocycles. The van der Waals surface area contributed by atoms with Crippen LogP contribution in [-0.4, -0.2) is 5.96 Å². The van der Waals surface area contributed by atoms with E-state index in [1.807, 2.05) is 26.8 Å². The molecule has 1 heterocycles. The van der Waals surface area contributed by atoms with Gasteiger partial charge in [0.05, 0.1) is 6.04 Å². The Hall–Kier alpha value is -1.45. The minimum Gasteiger partial charge on any atom is -0.466 e. The van der Waals surface area contributed by atoms with Gasteiger partial charge in [-0.3, -0.25) is 0 Å². The highest BCUT2D eigenvalue weighted by Gasteiger charge is 2.11. The number of guanidine groups is 1. The van der Waals surface area contributed by atoms with E-state index in [0.29, 0.717) is 0 Å². The molecule has 0 saturated carbocycles. The summed E-state index contributed by atoms with van der Waals surface area (Å²) in [5.41, 5.74) is 11.6. The predicted molar refractivity (Wildman–Crippen MR) is 52.4 cm³/mol. The molecule has 0 fully saturated rings.